The Hall–Kier alpha value is -2.10. The zero-order valence-corrected chi connectivity index (χ0v) is 10.00. The Morgan fingerprint density at radius 1 is 1.06 bits per heavy atom. The lowest BCUT2D eigenvalue weighted by Crippen LogP contribution is -2.06. The topological polar surface area (TPSA) is 30.0 Å². The van der Waals surface area contributed by atoms with Gasteiger partial charge in [-0.15, -0.1) is 0 Å². The lowest BCUT2D eigenvalue weighted by atomic mass is 10.0. The summed E-state index contributed by atoms with van der Waals surface area (Å²) >= 11 is 0. The van der Waals surface area contributed by atoms with Gasteiger partial charge in [0.15, 0.2) is 5.78 Å². The number of ketones is 1. The monoisotopic (exact) mass is 247 g/mol. The molecule has 18 heavy (non-hydrogen) atoms. The minimum absolute atomic E-state index is 0.138. The van der Waals surface area contributed by atoms with Gasteiger partial charge >= 0.3 is 0 Å². The van der Waals surface area contributed by atoms with E-state index in [1.54, 1.807) is 19.2 Å². The van der Waals surface area contributed by atoms with Gasteiger partial charge in [0, 0.05) is 24.0 Å². The maximum absolute atomic E-state index is 13.6. The van der Waals surface area contributed by atoms with Crippen LogP contribution in [0.2, 0.25) is 0 Å². The summed E-state index contributed by atoms with van der Waals surface area (Å²) in [5.74, 6) is -2.01. The van der Waals surface area contributed by atoms with Gasteiger partial charge < -0.3 is 0 Å². The molecule has 0 aliphatic rings. The molecule has 0 amide bonds. The molecule has 2 nitrogen and oxygen atoms in total. The normalized spacial score (nSPS) is 10.4. The number of nitrogens with zero attached hydrogens (tertiary/aromatic N) is 1. The fourth-order valence-corrected chi connectivity index (χ4v) is 1.67. The highest BCUT2D eigenvalue weighted by Gasteiger charge is 2.16. The van der Waals surface area contributed by atoms with Crippen molar-refractivity contribution in [2.24, 2.45) is 0 Å². The second kappa shape index (κ2) is 4.64. The molecule has 92 valence electrons. The molecule has 1 aromatic carbocycles. The lowest BCUT2D eigenvalue weighted by molar-refractivity contribution is 0.103. The third kappa shape index (κ3) is 2.27. The average Bonchev–Trinajstić information content (AvgIpc) is 2.33. The van der Waals surface area contributed by atoms with E-state index in [-0.39, 0.29) is 11.1 Å². The van der Waals surface area contributed by atoms with Crippen LogP contribution in [0.4, 0.5) is 8.78 Å². The van der Waals surface area contributed by atoms with Crippen LogP contribution in [0.1, 0.15) is 27.0 Å². The van der Waals surface area contributed by atoms with Gasteiger partial charge in [-0.1, -0.05) is 0 Å². The van der Waals surface area contributed by atoms with Crippen LogP contribution in [0, 0.1) is 25.5 Å². The predicted octanol–water partition coefficient (Wildman–Crippen LogP) is 3.21. The van der Waals surface area contributed by atoms with Crippen molar-refractivity contribution in [1.29, 1.82) is 0 Å². The maximum Gasteiger partial charge on any atom is 0.197 e. The molecule has 0 aliphatic carbocycles. The molecule has 1 heterocycles. The third-order valence-corrected chi connectivity index (χ3v) is 2.63. The first-order chi connectivity index (χ1) is 8.49. The summed E-state index contributed by atoms with van der Waals surface area (Å²) in [4.78, 5) is 16.0. The van der Waals surface area contributed by atoms with Crippen LogP contribution in [-0.4, -0.2) is 10.8 Å². The maximum atomic E-state index is 13.6. The van der Waals surface area contributed by atoms with Crippen molar-refractivity contribution in [3.05, 3.63) is 64.5 Å². The largest absolute Gasteiger partial charge is 0.288 e. The molecule has 0 atom stereocenters. The van der Waals surface area contributed by atoms with Crippen molar-refractivity contribution in [1.82, 2.24) is 4.98 Å². The number of halogens is 2. The average molecular weight is 247 g/mol. The van der Waals surface area contributed by atoms with E-state index in [1.165, 1.54) is 19.2 Å². The van der Waals surface area contributed by atoms with Crippen LogP contribution >= 0.6 is 0 Å². The SMILES string of the molecule is Cc1cncc(C(=O)c2cc(C)c(F)cc2F)c1. The van der Waals surface area contributed by atoms with Crippen LogP contribution in [0.3, 0.4) is 0 Å². The van der Waals surface area contributed by atoms with Crippen molar-refractivity contribution in [3.63, 3.8) is 0 Å². The Morgan fingerprint density at radius 3 is 2.44 bits per heavy atom. The zero-order chi connectivity index (χ0) is 13.3. The number of carbonyl (C=O) groups excluding carboxylic acids is 1. The number of carbonyl (C=O) groups is 1. The Balaban J connectivity index is 2.49. The highest BCUT2D eigenvalue weighted by molar-refractivity contribution is 6.09. The first kappa shape index (κ1) is 12.4. The van der Waals surface area contributed by atoms with Crippen molar-refractivity contribution >= 4 is 5.78 Å². The molecule has 0 bridgehead atoms. The summed E-state index contributed by atoms with van der Waals surface area (Å²) in [6, 6.07) is 3.56. The molecule has 0 unspecified atom stereocenters. The molecule has 0 N–H and O–H groups in total. The van der Waals surface area contributed by atoms with E-state index in [1.807, 2.05) is 0 Å². The van der Waals surface area contributed by atoms with Crippen molar-refractivity contribution in [3.8, 4) is 0 Å². The van der Waals surface area contributed by atoms with E-state index in [2.05, 4.69) is 4.98 Å². The van der Waals surface area contributed by atoms with Gasteiger partial charge in [-0.05, 0) is 37.1 Å². The highest BCUT2D eigenvalue weighted by Crippen LogP contribution is 2.18. The quantitative estimate of drug-likeness (QED) is 0.763. The predicted molar refractivity (Wildman–Crippen MR) is 63.5 cm³/mol. The molecular weight excluding hydrogens is 236 g/mol. The molecule has 0 saturated heterocycles. The van der Waals surface area contributed by atoms with Crippen molar-refractivity contribution in [2.75, 3.05) is 0 Å². The van der Waals surface area contributed by atoms with Gasteiger partial charge in [0.25, 0.3) is 0 Å². The van der Waals surface area contributed by atoms with E-state index in [4.69, 9.17) is 0 Å². The zero-order valence-electron chi connectivity index (χ0n) is 10.00. The number of benzene rings is 1. The van der Waals surface area contributed by atoms with E-state index in [0.29, 0.717) is 5.56 Å². The fraction of sp³-hybridized carbons (Fsp3) is 0.143. The van der Waals surface area contributed by atoms with Crippen LogP contribution in [0.5, 0.6) is 0 Å². The number of pyridine rings is 1. The first-order valence-corrected chi connectivity index (χ1v) is 5.41. The minimum atomic E-state index is -0.857. The molecule has 0 radical (unpaired) electrons. The summed E-state index contributed by atoms with van der Waals surface area (Å²) < 4.78 is 26.7. The Morgan fingerprint density at radius 2 is 1.78 bits per heavy atom. The fourth-order valence-electron chi connectivity index (χ4n) is 1.67. The standard InChI is InChI=1S/C14H11F2NO/c1-8-3-10(7-17-6-8)14(18)11-4-9(2)12(15)5-13(11)16/h3-7H,1-2H3. The Bertz CT molecular complexity index is 623. The van der Waals surface area contributed by atoms with E-state index in [0.717, 1.165) is 11.6 Å². The molecule has 0 fully saturated rings. The number of aryl methyl sites for hydroxylation is 2. The van der Waals surface area contributed by atoms with Crippen LogP contribution in [0.25, 0.3) is 0 Å². The number of hydrogen-bond donors (Lipinski definition) is 0. The van der Waals surface area contributed by atoms with Gasteiger partial charge in [0.1, 0.15) is 11.6 Å². The molecule has 0 saturated carbocycles. The van der Waals surface area contributed by atoms with Gasteiger partial charge in [-0.25, -0.2) is 8.78 Å². The molecule has 4 heteroatoms. The summed E-state index contributed by atoms with van der Waals surface area (Å²) in [6.07, 6.45) is 2.97. The Labute approximate surface area is 103 Å². The molecule has 2 rings (SSSR count). The summed E-state index contributed by atoms with van der Waals surface area (Å²) in [5, 5.41) is 0. The van der Waals surface area contributed by atoms with E-state index in [9.17, 15) is 13.6 Å². The van der Waals surface area contributed by atoms with Gasteiger partial charge in [0.05, 0.1) is 5.56 Å². The number of rotatable bonds is 2. The second-order valence-corrected chi connectivity index (χ2v) is 4.16. The smallest absolute Gasteiger partial charge is 0.197 e. The van der Waals surface area contributed by atoms with Crippen molar-refractivity contribution in [2.45, 2.75) is 13.8 Å². The lowest BCUT2D eigenvalue weighted by Gasteiger charge is -2.05. The van der Waals surface area contributed by atoms with E-state index >= 15 is 0 Å². The molecule has 0 aliphatic heterocycles. The molecule has 2 aromatic rings. The highest BCUT2D eigenvalue weighted by atomic mass is 19.1. The van der Waals surface area contributed by atoms with Gasteiger partial charge in [-0.2, -0.15) is 0 Å². The summed E-state index contributed by atoms with van der Waals surface area (Å²) in [5.41, 5.74) is 1.20. The molecule has 0 spiro atoms. The van der Waals surface area contributed by atoms with Gasteiger partial charge in [0.2, 0.25) is 0 Å². The minimum Gasteiger partial charge on any atom is -0.288 e. The summed E-state index contributed by atoms with van der Waals surface area (Å²) in [7, 11) is 0. The van der Waals surface area contributed by atoms with Crippen LogP contribution in [0.15, 0.2) is 30.6 Å². The Kier molecular flexibility index (Phi) is 3.19. The van der Waals surface area contributed by atoms with Crippen LogP contribution < -0.4 is 0 Å². The second-order valence-electron chi connectivity index (χ2n) is 4.16. The summed E-state index contributed by atoms with van der Waals surface area (Å²) in [6.45, 7) is 3.27. The number of aromatic nitrogens is 1. The van der Waals surface area contributed by atoms with Gasteiger partial charge in [-0.3, -0.25) is 9.78 Å². The molecular formula is C14H11F2NO. The number of hydrogen-bond acceptors (Lipinski definition) is 2. The van der Waals surface area contributed by atoms with Crippen molar-refractivity contribution < 1.29 is 13.6 Å². The van der Waals surface area contributed by atoms with Crippen LogP contribution in [-0.2, 0) is 0 Å². The first-order valence-electron chi connectivity index (χ1n) is 5.41. The van der Waals surface area contributed by atoms with E-state index < -0.39 is 17.4 Å². The molecule has 1 aromatic heterocycles. The third-order valence-electron chi connectivity index (χ3n) is 2.63.